The molecule has 0 spiro atoms. The van der Waals surface area contributed by atoms with Crippen LogP contribution >= 0.6 is 7.82 Å². The maximum absolute atomic E-state index is 13.6. The Morgan fingerprint density at radius 1 is 0.932 bits per heavy atom. The van der Waals surface area contributed by atoms with Crippen LogP contribution in [0.3, 0.4) is 0 Å². The molecule has 0 bridgehead atoms. The number of ether oxygens (including phenoxy) is 1. The molecule has 0 saturated carbocycles. The number of hydroxylamine groups is 2. The first-order valence-electron chi connectivity index (χ1n) is 18.4. The topological polar surface area (TPSA) is 298 Å². The highest BCUT2D eigenvalue weighted by molar-refractivity contribution is 7.46. The number of unbranched alkanes of at least 4 members (excludes halogenated alkanes) is 2. The molecular formula is C38H47N4O16P. The molecule has 7 N–H and O–H groups in total. The molecule has 0 aliphatic carbocycles. The number of carboxylic acid groups (broad SMARTS) is 2. The predicted octanol–water partition coefficient (Wildman–Crippen LogP) is 3.79. The highest BCUT2D eigenvalue weighted by Crippen LogP contribution is 2.40. The fourth-order valence-electron chi connectivity index (χ4n) is 5.96. The van der Waals surface area contributed by atoms with Gasteiger partial charge in [-0.3, -0.25) is 33.8 Å². The summed E-state index contributed by atoms with van der Waals surface area (Å²) in [5.41, 5.74) is 0.186. The zero-order valence-corrected chi connectivity index (χ0v) is 33.6. The molecule has 0 saturated heterocycles. The number of aryl methyl sites for hydroxylation is 1. The third-order valence-electron chi connectivity index (χ3n) is 8.75. The van der Waals surface area contributed by atoms with Gasteiger partial charge in [-0.2, -0.15) is 5.06 Å². The summed E-state index contributed by atoms with van der Waals surface area (Å²) in [6.45, 7) is 6.47. The number of hydrogen-bond acceptors (Lipinski definition) is 12. The monoisotopic (exact) mass is 846 g/mol. The van der Waals surface area contributed by atoms with Gasteiger partial charge in [0.25, 0.3) is 11.8 Å². The van der Waals surface area contributed by atoms with Gasteiger partial charge in [0.05, 0.1) is 37.2 Å². The van der Waals surface area contributed by atoms with Gasteiger partial charge in [-0.1, -0.05) is 51.3 Å². The second-order valence-electron chi connectivity index (χ2n) is 12.9. The smallest absolute Gasteiger partial charge is 0.493 e. The van der Waals surface area contributed by atoms with Gasteiger partial charge in [-0.25, -0.2) is 14.2 Å². The Labute approximate surface area is 338 Å². The molecule has 0 radical (unpaired) electrons. The Kier molecular flexibility index (Phi) is 17.6. The lowest BCUT2D eigenvalue weighted by Crippen LogP contribution is -2.49. The van der Waals surface area contributed by atoms with E-state index in [0.29, 0.717) is 17.0 Å². The molecule has 4 amide bonds. The van der Waals surface area contributed by atoms with Crippen LogP contribution in [0, 0.1) is 12.8 Å². The Morgan fingerprint density at radius 3 is 2.27 bits per heavy atom. The molecule has 0 aliphatic heterocycles. The van der Waals surface area contributed by atoms with Crippen LogP contribution in [0.25, 0.3) is 11.3 Å². The van der Waals surface area contributed by atoms with Crippen LogP contribution in [0.5, 0.6) is 11.5 Å². The normalized spacial score (nSPS) is 12.6. The standard InChI is InChI=1S/C38H47N4O16P/c1-5-8-9-12-24(27(6-2)42(21-43)57-38(51)33-22(4)11-10-13-29(33)58-59(52,53)54)34(46)39-20-40-36(48)30-17-16-28(56-30)23-14-15-25(31(18-23)55-7-3)35(47)41-26(37(49)50)19-32(44)45/h10-11,13-18,21,24,26-27H,5-9,12,19-20H2,1-4H3,(H,39,46)(H,40,48)(H,41,47)(H,44,45)(H,49,50)(H2,52,53,54)/t24?,26?,27-/m1/s1. The fraction of sp³-hybridized carbons (Fsp3) is 0.395. The minimum absolute atomic E-state index is 0.0303. The molecule has 320 valence electrons. The van der Waals surface area contributed by atoms with Crippen LogP contribution in [-0.2, 0) is 28.6 Å². The van der Waals surface area contributed by atoms with E-state index in [1.807, 2.05) is 6.92 Å². The van der Waals surface area contributed by atoms with Crippen LogP contribution in [0.1, 0.15) is 96.1 Å². The van der Waals surface area contributed by atoms with Crippen molar-refractivity contribution < 1.29 is 76.6 Å². The summed E-state index contributed by atoms with van der Waals surface area (Å²) in [6, 6.07) is 8.36. The number of benzene rings is 2. The number of aliphatic carboxylic acids is 2. The van der Waals surface area contributed by atoms with E-state index in [1.54, 1.807) is 13.8 Å². The van der Waals surface area contributed by atoms with Crippen LogP contribution < -0.4 is 25.2 Å². The molecule has 3 aromatic rings. The molecule has 2 aromatic carbocycles. The number of carbonyl (C=O) groups excluding carboxylic acids is 5. The molecule has 2 unspecified atom stereocenters. The van der Waals surface area contributed by atoms with E-state index in [1.165, 1.54) is 49.4 Å². The summed E-state index contributed by atoms with van der Waals surface area (Å²) in [5, 5.41) is 26.3. The van der Waals surface area contributed by atoms with E-state index in [-0.39, 0.29) is 66.5 Å². The van der Waals surface area contributed by atoms with Crippen molar-refractivity contribution in [3.05, 3.63) is 71.0 Å². The van der Waals surface area contributed by atoms with Gasteiger partial charge in [0, 0.05) is 5.56 Å². The van der Waals surface area contributed by atoms with Crippen molar-refractivity contribution in [2.45, 2.75) is 78.3 Å². The second kappa shape index (κ2) is 22.1. The molecule has 21 heteroatoms. The number of furan rings is 1. The molecule has 0 aliphatic rings. The number of amides is 4. The molecular weight excluding hydrogens is 799 g/mol. The number of nitrogens with zero attached hydrogens (tertiary/aromatic N) is 1. The summed E-state index contributed by atoms with van der Waals surface area (Å²) in [6.07, 6.45) is 1.89. The van der Waals surface area contributed by atoms with E-state index >= 15 is 0 Å². The molecule has 1 heterocycles. The number of nitrogens with one attached hydrogen (secondary N) is 3. The van der Waals surface area contributed by atoms with Gasteiger partial charge in [0.1, 0.15) is 28.9 Å². The van der Waals surface area contributed by atoms with E-state index in [0.717, 1.165) is 18.9 Å². The predicted molar refractivity (Wildman–Crippen MR) is 206 cm³/mol. The summed E-state index contributed by atoms with van der Waals surface area (Å²) < 4.78 is 27.5. The Hall–Kier alpha value is -6.24. The van der Waals surface area contributed by atoms with Crippen LogP contribution in [-0.4, -0.2) is 92.5 Å². The molecule has 3 atom stereocenters. The van der Waals surface area contributed by atoms with Crippen molar-refractivity contribution >= 4 is 49.9 Å². The molecule has 3 rings (SSSR count). The van der Waals surface area contributed by atoms with Crippen LogP contribution in [0.15, 0.2) is 52.9 Å². The van der Waals surface area contributed by atoms with Gasteiger partial charge < -0.3 is 44.7 Å². The van der Waals surface area contributed by atoms with Crippen LogP contribution in [0.4, 0.5) is 0 Å². The third-order valence-corrected chi connectivity index (χ3v) is 9.18. The number of phosphoric acid groups is 1. The highest BCUT2D eigenvalue weighted by Gasteiger charge is 2.35. The number of carboxylic acids is 2. The van der Waals surface area contributed by atoms with E-state index in [9.17, 15) is 53.0 Å². The zero-order chi connectivity index (χ0) is 43.9. The number of carbonyl (C=O) groups is 7. The quantitative estimate of drug-likeness (QED) is 0.0222. The molecule has 0 fully saturated rings. The molecule has 1 aromatic heterocycles. The Balaban J connectivity index is 1.73. The van der Waals surface area contributed by atoms with Crippen molar-refractivity contribution in [1.82, 2.24) is 21.0 Å². The summed E-state index contributed by atoms with van der Waals surface area (Å²) in [5.74, 6) is -7.67. The van der Waals surface area contributed by atoms with Crippen molar-refractivity contribution in [3.8, 4) is 22.8 Å². The highest BCUT2D eigenvalue weighted by atomic mass is 31.2. The first-order valence-corrected chi connectivity index (χ1v) is 20.0. The Bertz CT molecular complexity index is 2050. The number of phosphoric ester groups is 1. The average Bonchev–Trinajstić information content (AvgIpc) is 3.67. The van der Waals surface area contributed by atoms with E-state index < -0.39 is 73.6 Å². The van der Waals surface area contributed by atoms with Crippen molar-refractivity contribution in [2.24, 2.45) is 5.92 Å². The third kappa shape index (κ3) is 13.7. The van der Waals surface area contributed by atoms with Gasteiger partial charge >= 0.3 is 25.7 Å². The fourth-order valence-corrected chi connectivity index (χ4v) is 6.37. The summed E-state index contributed by atoms with van der Waals surface area (Å²) >= 11 is 0. The minimum Gasteiger partial charge on any atom is -0.493 e. The van der Waals surface area contributed by atoms with Crippen LogP contribution in [0.2, 0.25) is 0 Å². The van der Waals surface area contributed by atoms with Crippen molar-refractivity contribution in [2.75, 3.05) is 13.3 Å². The first-order chi connectivity index (χ1) is 27.9. The number of hydrogen-bond donors (Lipinski definition) is 7. The van der Waals surface area contributed by atoms with Gasteiger partial charge in [0.2, 0.25) is 12.3 Å². The Morgan fingerprint density at radius 2 is 1.66 bits per heavy atom. The average molecular weight is 847 g/mol. The van der Waals surface area contributed by atoms with Crippen molar-refractivity contribution in [3.63, 3.8) is 0 Å². The molecule has 20 nitrogen and oxygen atoms in total. The van der Waals surface area contributed by atoms with Gasteiger partial charge in [-0.15, -0.1) is 0 Å². The lowest BCUT2D eigenvalue weighted by molar-refractivity contribution is -0.171. The largest absolute Gasteiger partial charge is 0.524 e. The van der Waals surface area contributed by atoms with Gasteiger partial charge in [-0.05, 0) is 62.6 Å². The summed E-state index contributed by atoms with van der Waals surface area (Å²) in [7, 11) is -5.08. The maximum Gasteiger partial charge on any atom is 0.524 e. The lowest BCUT2D eigenvalue weighted by Gasteiger charge is -2.32. The number of rotatable bonds is 24. The molecule has 59 heavy (non-hydrogen) atoms. The van der Waals surface area contributed by atoms with E-state index in [2.05, 4.69) is 20.5 Å². The zero-order valence-electron chi connectivity index (χ0n) is 32.7. The van der Waals surface area contributed by atoms with Gasteiger partial charge in [0.15, 0.2) is 5.76 Å². The second-order valence-corrected chi connectivity index (χ2v) is 14.1. The van der Waals surface area contributed by atoms with Crippen molar-refractivity contribution in [1.29, 1.82) is 0 Å². The first kappa shape index (κ1) is 47.1. The summed E-state index contributed by atoms with van der Waals surface area (Å²) in [4.78, 5) is 112. The maximum atomic E-state index is 13.6. The minimum atomic E-state index is -5.08. The SMILES string of the molecule is CCCCCC(C(=O)NCNC(=O)c1ccc(-c2ccc(C(=O)NC(CC(=O)O)C(=O)O)c(OCC)c2)o1)[C@@H](CC)N(C=O)OC(=O)c1c(C)cccc1OP(=O)(O)O. The lowest BCUT2D eigenvalue weighted by atomic mass is 9.90. The van der Waals surface area contributed by atoms with E-state index in [4.69, 9.17) is 19.1 Å².